The Bertz CT molecular complexity index is 1210. The van der Waals surface area contributed by atoms with Gasteiger partial charge in [0.15, 0.2) is 0 Å². The zero-order chi connectivity index (χ0) is 20.8. The maximum atomic E-state index is 13.6. The van der Waals surface area contributed by atoms with Crippen LogP contribution in [-0.2, 0) is 10.0 Å². The molecule has 0 radical (unpaired) electrons. The number of primary sulfonamides is 1. The van der Waals surface area contributed by atoms with Gasteiger partial charge < -0.3 is 5.32 Å². The largest absolute Gasteiger partial charge is 0.360 e. The second kappa shape index (κ2) is 7.18. The summed E-state index contributed by atoms with van der Waals surface area (Å²) < 4.78 is 23.8. The lowest BCUT2D eigenvalue weighted by Crippen LogP contribution is -2.43. The molecular formula is C21H18ClN3O3S. The monoisotopic (exact) mass is 427 g/mol. The average molecular weight is 428 g/mol. The quantitative estimate of drug-likeness (QED) is 0.659. The fourth-order valence-corrected chi connectivity index (χ4v) is 4.58. The summed E-state index contributed by atoms with van der Waals surface area (Å²) in [6.45, 7) is 1.91. The number of aryl methyl sites for hydroxylation is 1. The molecule has 29 heavy (non-hydrogen) atoms. The van der Waals surface area contributed by atoms with Crippen molar-refractivity contribution in [2.24, 2.45) is 5.14 Å². The Balaban J connectivity index is 1.94. The highest BCUT2D eigenvalue weighted by atomic mass is 35.5. The number of benzene rings is 3. The molecule has 1 aliphatic rings. The first-order chi connectivity index (χ1) is 13.8. The number of amides is 1. The van der Waals surface area contributed by atoms with Crippen LogP contribution in [0.2, 0.25) is 5.02 Å². The molecule has 3 aromatic rings. The van der Waals surface area contributed by atoms with Gasteiger partial charge in [-0.25, -0.2) is 13.6 Å². The fourth-order valence-electron chi connectivity index (χ4n) is 3.48. The van der Waals surface area contributed by atoms with Crippen LogP contribution < -0.4 is 15.4 Å². The number of sulfonamides is 1. The number of hydrogen-bond acceptors (Lipinski definition) is 4. The molecule has 8 heteroatoms. The van der Waals surface area contributed by atoms with Gasteiger partial charge in [0, 0.05) is 5.69 Å². The Hall–Kier alpha value is -2.87. The van der Waals surface area contributed by atoms with E-state index in [1.807, 2.05) is 61.5 Å². The van der Waals surface area contributed by atoms with E-state index < -0.39 is 16.2 Å². The standard InChI is InChI=1S/C21H18ClN3O3S/c1-13-7-5-6-10-18(13)25-20(14-8-3-2-4-9-14)24-17-12-16(22)19(29(23,27)28)11-15(17)21(25)26/h2-12,20,24H,1H3,(H2,23,27,28). The fraction of sp³-hybridized carbons (Fsp3) is 0.0952. The van der Waals surface area contributed by atoms with E-state index >= 15 is 0 Å². The minimum atomic E-state index is -4.08. The highest BCUT2D eigenvalue weighted by molar-refractivity contribution is 7.89. The molecule has 1 heterocycles. The van der Waals surface area contributed by atoms with Crippen LogP contribution in [0, 0.1) is 6.92 Å². The van der Waals surface area contributed by atoms with Gasteiger partial charge in [-0.15, -0.1) is 0 Å². The Morgan fingerprint density at radius 2 is 1.69 bits per heavy atom. The van der Waals surface area contributed by atoms with E-state index in [9.17, 15) is 13.2 Å². The zero-order valence-corrected chi connectivity index (χ0v) is 17.0. The second-order valence-electron chi connectivity index (χ2n) is 6.79. The van der Waals surface area contributed by atoms with Crippen LogP contribution in [0.3, 0.4) is 0 Å². The first-order valence-electron chi connectivity index (χ1n) is 8.84. The van der Waals surface area contributed by atoms with Crippen molar-refractivity contribution in [1.29, 1.82) is 0 Å². The van der Waals surface area contributed by atoms with E-state index in [1.54, 1.807) is 4.90 Å². The van der Waals surface area contributed by atoms with Crippen LogP contribution in [-0.4, -0.2) is 14.3 Å². The number of carbonyl (C=O) groups is 1. The topological polar surface area (TPSA) is 92.5 Å². The van der Waals surface area contributed by atoms with E-state index in [4.69, 9.17) is 16.7 Å². The summed E-state index contributed by atoms with van der Waals surface area (Å²) in [5.74, 6) is -0.344. The van der Waals surface area contributed by atoms with Crippen LogP contribution in [0.5, 0.6) is 0 Å². The van der Waals surface area contributed by atoms with Crippen molar-refractivity contribution in [2.75, 3.05) is 10.2 Å². The maximum Gasteiger partial charge on any atom is 0.262 e. The van der Waals surface area contributed by atoms with Gasteiger partial charge in [-0.1, -0.05) is 60.1 Å². The van der Waals surface area contributed by atoms with Gasteiger partial charge in [0.1, 0.15) is 11.1 Å². The molecule has 148 valence electrons. The molecule has 0 bridgehead atoms. The van der Waals surface area contributed by atoms with Gasteiger partial charge in [-0.05, 0) is 36.2 Å². The van der Waals surface area contributed by atoms with E-state index in [-0.39, 0.29) is 21.4 Å². The van der Waals surface area contributed by atoms with Crippen LogP contribution in [0.25, 0.3) is 0 Å². The molecule has 6 nitrogen and oxygen atoms in total. The van der Waals surface area contributed by atoms with Gasteiger partial charge in [0.25, 0.3) is 5.91 Å². The van der Waals surface area contributed by atoms with Gasteiger partial charge in [-0.3, -0.25) is 9.69 Å². The summed E-state index contributed by atoms with van der Waals surface area (Å²) in [6.07, 6.45) is -0.492. The number of para-hydroxylation sites is 1. The number of rotatable bonds is 3. The molecule has 0 fully saturated rings. The van der Waals surface area contributed by atoms with Crippen LogP contribution in [0.4, 0.5) is 11.4 Å². The molecule has 3 aromatic carbocycles. The van der Waals surface area contributed by atoms with E-state index in [1.165, 1.54) is 12.1 Å². The van der Waals surface area contributed by atoms with E-state index in [0.29, 0.717) is 5.69 Å². The lowest BCUT2D eigenvalue weighted by Gasteiger charge is -2.39. The predicted octanol–water partition coefficient (Wildman–Crippen LogP) is 4.07. The molecule has 1 aliphatic heterocycles. The Morgan fingerprint density at radius 1 is 1.03 bits per heavy atom. The number of hydrogen-bond donors (Lipinski definition) is 2. The SMILES string of the molecule is Cc1ccccc1N1C(=O)c2cc(S(N)(=O)=O)c(Cl)cc2NC1c1ccccc1. The number of fused-ring (bicyclic) bond motifs is 1. The molecule has 1 atom stereocenters. The van der Waals surface area contributed by atoms with Crippen molar-refractivity contribution < 1.29 is 13.2 Å². The number of nitrogens with one attached hydrogen (secondary N) is 1. The molecule has 0 saturated heterocycles. The third-order valence-electron chi connectivity index (χ3n) is 4.87. The molecule has 0 aromatic heterocycles. The number of nitrogens with zero attached hydrogens (tertiary/aromatic N) is 1. The highest BCUT2D eigenvalue weighted by Crippen LogP contribution is 2.40. The molecule has 3 N–H and O–H groups in total. The van der Waals surface area contributed by atoms with Crippen molar-refractivity contribution in [2.45, 2.75) is 18.0 Å². The molecular weight excluding hydrogens is 410 g/mol. The zero-order valence-electron chi connectivity index (χ0n) is 15.5. The van der Waals surface area contributed by atoms with Crippen molar-refractivity contribution in [3.8, 4) is 0 Å². The summed E-state index contributed by atoms with van der Waals surface area (Å²) in [7, 11) is -4.08. The van der Waals surface area contributed by atoms with Gasteiger partial charge in [-0.2, -0.15) is 0 Å². The Kier molecular flexibility index (Phi) is 4.82. The van der Waals surface area contributed by atoms with Crippen molar-refractivity contribution in [3.05, 3.63) is 88.4 Å². The van der Waals surface area contributed by atoms with Crippen molar-refractivity contribution in [1.82, 2.24) is 0 Å². The smallest absolute Gasteiger partial charge is 0.262 e. The minimum absolute atomic E-state index is 0.0392. The summed E-state index contributed by atoms with van der Waals surface area (Å²) in [5, 5.41) is 8.55. The second-order valence-corrected chi connectivity index (χ2v) is 8.73. The number of halogens is 1. The van der Waals surface area contributed by atoms with Crippen LogP contribution >= 0.6 is 11.6 Å². The van der Waals surface area contributed by atoms with Gasteiger partial charge in [0.2, 0.25) is 10.0 Å². The van der Waals surface area contributed by atoms with Crippen molar-refractivity contribution in [3.63, 3.8) is 0 Å². The first-order valence-corrected chi connectivity index (χ1v) is 10.8. The van der Waals surface area contributed by atoms with Crippen LogP contribution in [0.1, 0.15) is 27.7 Å². The lowest BCUT2D eigenvalue weighted by atomic mass is 10.0. The molecule has 0 spiro atoms. The third kappa shape index (κ3) is 3.48. The minimum Gasteiger partial charge on any atom is -0.360 e. The molecule has 1 unspecified atom stereocenters. The van der Waals surface area contributed by atoms with E-state index in [0.717, 1.165) is 16.8 Å². The lowest BCUT2D eigenvalue weighted by molar-refractivity contribution is 0.0974. The average Bonchev–Trinajstić information content (AvgIpc) is 2.68. The molecule has 4 rings (SSSR count). The van der Waals surface area contributed by atoms with E-state index in [2.05, 4.69) is 5.32 Å². The maximum absolute atomic E-state index is 13.6. The summed E-state index contributed by atoms with van der Waals surface area (Å²) >= 11 is 6.14. The first kappa shape index (κ1) is 19.4. The molecule has 1 amide bonds. The summed E-state index contributed by atoms with van der Waals surface area (Å²) in [6, 6.07) is 19.7. The number of carbonyl (C=O) groups excluding carboxylic acids is 1. The summed E-state index contributed by atoms with van der Waals surface area (Å²) in [4.78, 5) is 14.9. The highest BCUT2D eigenvalue weighted by Gasteiger charge is 2.36. The predicted molar refractivity (Wildman–Crippen MR) is 114 cm³/mol. The third-order valence-corrected chi connectivity index (χ3v) is 6.24. The van der Waals surface area contributed by atoms with Gasteiger partial charge in [0.05, 0.1) is 16.3 Å². The number of nitrogens with two attached hydrogens (primary N) is 1. The molecule has 0 saturated carbocycles. The summed E-state index contributed by atoms with van der Waals surface area (Å²) in [5.41, 5.74) is 3.14. The van der Waals surface area contributed by atoms with Gasteiger partial charge >= 0.3 is 0 Å². The Labute approximate surface area is 174 Å². The van der Waals surface area contributed by atoms with Crippen molar-refractivity contribution >= 4 is 38.9 Å². The Morgan fingerprint density at radius 3 is 2.34 bits per heavy atom. The number of anilines is 2. The normalized spacial score (nSPS) is 16.3. The van der Waals surface area contributed by atoms with Crippen LogP contribution in [0.15, 0.2) is 71.6 Å². The molecule has 0 aliphatic carbocycles.